The van der Waals surface area contributed by atoms with E-state index in [0.717, 1.165) is 38.1 Å². The number of piperidine rings is 1. The molecule has 0 radical (unpaired) electrons. The molecule has 90 valence electrons. The van der Waals surface area contributed by atoms with Crippen LogP contribution >= 0.6 is 0 Å². The molecule has 0 saturated carbocycles. The molecule has 0 spiro atoms. The molecule has 1 heterocycles. The number of nitrogens with one attached hydrogen (secondary N) is 1. The molecule has 5 heteroatoms. The summed E-state index contributed by atoms with van der Waals surface area (Å²) >= 11 is 0. The van der Waals surface area contributed by atoms with E-state index in [-0.39, 0.29) is 5.91 Å². The molecule has 1 aliphatic rings. The van der Waals surface area contributed by atoms with Crippen LogP contribution in [0, 0.1) is 5.92 Å². The number of hydrogen-bond acceptors (Lipinski definition) is 3. The number of aliphatic carboxylic acids is 1. The van der Waals surface area contributed by atoms with E-state index in [1.165, 1.54) is 0 Å². The molecule has 16 heavy (non-hydrogen) atoms. The van der Waals surface area contributed by atoms with Gasteiger partial charge >= 0.3 is 5.97 Å². The number of rotatable bonds is 4. The molecule has 0 aromatic heterocycles. The lowest BCUT2D eigenvalue weighted by molar-refractivity contribution is -0.132. The van der Waals surface area contributed by atoms with E-state index in [9.17, 15) is 9.59 Å². The van der Waals surface area contributed by atoms with Crippen molar-refractivity contribution >= 4 is 11.9 Å². The van der Waals surface area contributed by atoms with Gasteiger partial charge in [-0.1, -0.05) is 0 Å². The van der Waals surface area contributed by atoms with Crippen LogP contribution in [0.1, 0.15) is 12.8 Å². The summed E-state index contributed by atoms with van der Waals surface area (Å²) in [6, 6.07) is 0. The first kappa shape index (κ1) is 12.7. The number of nitrogens with zero attached hydrogens (tertiary/aromatic N) is 1. The quantitative estimate of drug-likeness (QED) is 0.666. The number of amides is 1. The van der Waals surface area contributed by atoms with Crippen LogP contribution in [-0.2, 0) is 9.59 Å². The lowest BCUT2D eigenvalue weighted by Gasteiger charge is -2.32. The van der Waals surface area contributed by atoms with Gasteiger partial charge in [-0.25, -0.2) is 4.79 Å². The Bertz CT molecular complexity index is 287. The standard InChI is InChI=1S/C11H18N2O3/c1-12-7-9-3-2-6-13(8-9)10(14)4-5-11(15)16/h4-5,9,12H,2-3,6-8H2,1H3,(H,15,16). The average molecular weight is 226 g/mol. The van der Waals surface area contributed by atoms with E-state index >= 15 is 0 Å². The molecule has 1 fully saturated rings. The maximum absolute atomic E-state index is 11.6. The first-order valence-corrected chi connectivity index (χ1v) is 5.48. The van der Waals surface area contributed by atoms with Crippen molar-refractivity contribution in [1.29, 1.82) is 0 Å². The Kier molecular flexibility index (Phi) is 4.98. The van der Waals surface area contributed by atoms with Gasteiger partial charge in [0, 0.05) is 25.2 Å². The fourth-order valence-electron chi connectivity index (χ4n) is 1.97. The highest BCUT2D eigenvalue weighted by atomic mass is 16.4. The molecule has 1 amide bonds. The van der Waals surface area contributed by atoms with Crippen LogP contribution in [0.25, 0.3) is 0 Å². The van der Waals surface area contributed by atoms with E-state index in [4.69, 9.17) is 5.11 Å². The Hall–Kier alpha value is -1.36. The lowest BCUT2D eigenvalue weighted by Crippen LogP contribution is -2.41. The van der Waals surface area contributed by atoms with Gasteiger partial charge in [0.25, 0.3) is 0 Å². The fourth-order valence-corrected chi connectivity index (χ4v) is 1.97. The van der Waals surface area contributed by atoms with Crippen LogP contribution in [0.5, 0.6) is 0 Å². The van der Waals surface area contributed by atoms with Crippen LogP contribution in [-0.4, -0.2) is 48.6 Å². The smallest absolute Gasteiger partial charge is 0.328 e. The molecule has 0 aliphatic carbocycles. The van der Waals surface area contributed by atoms with Gasteiger partial charge in [-0.2, -0.15) is 0 Å². The predicted molar refractivity (Wildman–Crippen MR) is 60.0 cm³/mol. The third-order valence-corrected chi connectivity index (χ3v) is 2.69. The van der Waals surface area contributed by atoms with Crippen LogP contribution in [0.4, 0.5) is 0 Å². The van der Waals surface area contributed by atoms with Gasteiger partial charge in [0.15, 0.2) is 0 Å². The Morgan fingerprint density at radius 1 is 1.50 bits per heavy atom. The zero-order valence-corrected chi connectivity index (χ0v) is 9.48. The normalized spacial score (nSPS) is 21.3. The fraction of sp³-hybridized carbons (Fsp3) is 0.636. The molecule has 1 unspecified atom stereocenters. The highest BCUT2D eigenvalue weighted by molar-refractivity contribution is 5.93. The van der Waals surface area contributed by atoms with Gasteiger partial charge < -0.3 is 15.3 Å². The zero-order valence-electron chi connectivity index (χ0n) is 9.48. The van der Waals surface area contributed by atoms with Crippen molar-refractivity contribution in [2.75, 3.05) is 26.7 Å². The molecule has 0 aromatic rings. The lowest BCUT2D eigenvalue weighted by atomic mass is 9.98. The summed E-state index contributed by atoms with van der Waals surface area (Å²) in [6.07, 6.45) is 4.13. The Labute approximate surface area is 95.1 Å². The van der Waals surface area contributed by atoms with Crippen LogP contribution in [0.2, 0.25) is 0 Å². The van der Waals surface area contributed by atoms with Gasteiger partial charge in [0.1, 0.15) is 0 Å². The second kappa shape index (κ2) is 6.27. The molecule has 2 N–H and O–H groups in total. The second-order valence-corrected chi connectivity index (χ2v) is 4.02. The molecule has 0 aromatic carbocycles. The third-order valence-electron chi connectivity index (χ3n) is 2.69. The highest BCUT2D eigenvalue weighted by Crippen LogP contribution is 2.15. The average Bonchev–Trinajstić information content (AvgIpc) is 2.26. The predicted octanol–water partition coefficient (Wildman–Crippen LogP) is 0.0852. The summed E-state index contributed by atoms with van der Waals surface area (Å²) in [7, 11) is 1.89. The zero-order chi connectivity index (χ0) is 12.0. The first-order chi connectivity index (χ1) is 7.63. The van der Waals surface area contributed by atoms with Crippen molar-refractivity contribution in [2.45, 2.75) is 12.8 Å². The summed E-state index contributed by atoms with van der Waals surface area (Å²) in [5.74, 6) is -0.818. The maximum Gasteiger partial charge on any atom is 0.328 e. The van der Waals surface area contributed by atoms with Gasteiger partial charge in [-0.3, -0.25) is 4.79 Å². The van der Waals surface area contributed by atoms with E-state index in [1.807, 2.05) is 7.05 Å². The minimum Gasteiger partial charge on any atom is -0.478 e. The van der Waals surface area contributed by atoms with Gasteiger partial charge in [0.2, 0.25) is 5.91 Å². The van der Waals surface area contributed by atoms with Crippen molar-refractivity contribution in [2.24, 2.45) is 5.92 Å². The Morgan fingerprint density at radius 2 is 2.25 bits per heavy atom. The third kappa shape index (κ3) is 4.02. The van der Waals surface area contributed by atoms with E-state index in [2.05, 4.69) is 5.32 Å². The Morgan fingerprint density at radius 3 is 2.88 bits per heavy atom. The van der Waals surface area contributed by atoms with Crippen molar-refractivity contribution in [1.82, 2.24) is 10.2 Å². The molecule has 5 nitrogen and oxygen atoms in total. The maximum atomic E-state index is 11.6. The molecular formula is C11H18N2O3. The van der Waals surface area contributed by atoms with Gasteiger partial charge in [-0.15, -0.1) is 0 Å². The molecule has 1 atom stereocenters. The van der Waals surface area contributed by atoms with Crippen LogP contribution in [0.3, 0.4) is 0 Å². The number of carbonyl (C=O) groups is 2. The topological polar surface area (TPSA) is 69.6 Å². The van der Waals surface area contributed by atoms with Gasteiger partial charge in [0.05, 0.1) is 0 Å². The highest BCUT2D eigenvalue weighted by Gasteiger charge is 2.21. The first-order valence-electron chi connectivity index (χ1n) is 5.48. The van der Waals surface area contributed by atoms with E-state index in [0.29, 0.717) is 12.5 Å². The van der Waals surface area contributed by atoms with Crippen molar-refractivity contribution in [3.63, 3.8) is 0 Å². The number of carboxylic acids is 1. The molecule has 1 rings (SSSR count). The number of likely N-dealkylation sites (tertiary alicyclic amines) is 1. The van der Waals surface area contributed by atoms with Crippen molar-refractivity contribution in [3.05, 3.63) is 12.2 Å². The minimum atomic E-state index is -1.09. The largest absolute Gasteiger partial charge is 0.478 e. The number of carbonyl (C=O) groups excluding carboxylic acids is 1. The van der Waals surface area contributed by atoms with Crippen LogP contribution in [0.15, 0.2) is 12.2 Å². The van der Waals surface area contributed by atoms with Crippen LogP contribution < -0.4 is 5.32 Å². The monoisotopic (exact) mass is 226 g/mol. The molecule has 1 aliphatic heterocycles. The number of carboxylic acid groups (broad SMARTS) is 1. The molecular weight excluding hydrogens is 208 g/mol. The molecule has 0 bridgehead atoms. The van der Waals surface area contributed by atoms with E-state index in [1.54, 1.807) is 4.90 Å². The summed E-state index contributed by atoms with van der Waals surface area (Å²) in [5.41, 5.74) is 0. The summed E-state index contributed by atoms with van der Waals surface area (Å²) in [4.78, 5) is 23.6. The summed E-state index contributed by atoms with van der Waals surface area (Å²) in [5, 5.41) is 11.5. The second-order valence-electron chi connectivity index (χ2n) is 4.02. The SMILES string of the molecule is CNCC1CCCN(C(=O)C=CC(=O)O)C1. The summed E-state index contributed by atoms with van der Waals surface area (Å²) < 4.78 is 0. The summed E-state index contributed by atoms with van der Waals surface area (Å²) in [6.45, 7) is 2.33. The van der Waals surface area contributed by atoms with Gasteiger partial charge in [-0.05, 0) is 32.4 Å². The van der Waals surface area contributed by atoms with Crippen molar-refractivity contribution in [3.8, 4) is 0 Å². The number of hydrogen-bond donors (Lipinski definition) is 2. The van der Waals surface area contributed by atoms with E-state index < -0.39 is 5.97 Å². The van der Waals surface area contributed by atoms with Crippen molar-refractivity contribution < 1.29 is 14.7 Å². The Balaban J connectivity index is 2.46. The minimum absolute atomic E-state index is 0.205. The molecule has 1 saturated heterocycles.